The number of morpholine rings is 1. The van der Waals surface area contributed by atoms with Crippen molar-refractivity contribution < 1.29 is 13.9 Å². The second kappa shape index (κ2) is 13.6. The van der Waals surface area contributed by atoms with Crippen LogP contribution in [0.4, 0.5) is 0 Å². The van der Waals surface area contributed by atoms with E-state index in [2.05, 4.69) is 26.6 Å². The van der Waals surface area contributed by atoms with E-state index in [1.165, 1.54) is 0 Å². The molecule has 0 saturated carbocycles. The van der Waals surface area contributed by atoms with Gasteiger partial charge < -0.3 is 24.7 Å². The number of aryl methyl sites for hydroxylation is 1. The number of aliphatic imine (C=N–C) groups is 1. The van der Waals surface area contributed by atoms with Crippen LogP contribution in [0.15, 0.2) is 45.8 Å². The lowest BCUT2D eigenvalue weighted by Gasteiger charge is -2.33. The molecule has 3 rings (SSSR count). The van der Waals surface area contributed by atoms with Gasteiger partial charge in [0.2, 0.25) is 0 Å². The number of benzene rings is 1. The third kappa shape index (κ3) is 8.01. The van der Waals surface area contributed by atoms with Crippen LogP contribution in [0.1, 0.15) is 33.5 Å². The Bertz CT molecular complexity index is 909. The zero-order valence-electron chi connectivity index (χ0n) is 20.0. The van der Waals surface area contributed by atoms with Crippen LogP contribution >= 0.6 is 24.0 Å². The fourth-order valence-corrected chi connectivity index (χ4v) is 3.79. The number of nitrogens with zero attached hydrogens (tertiary/aromatic N) is 3. The lowest BCUT2D eigenvalue weighted by molar-refractivity contribution is 0.0124. The first-order chi connectivity index (χ1) is 15.5. The highest BCUT2D eigenvalue weighted by Crippen LogP contribution is 2.23. The Morgan fingerprint density at radius 3 is 2.58 bits per heavy atom. The van der Waals surface area contributed by atoms with E-state index in [-0.39, 0.29) is 35.9 Å². The predicted octanol–water partition coefficient (Wildman–Crippen LogP) is 2.69. The number of nitrogens with one attached hydrogen (secondary N) is 2. The Labute approximate surface area is 213 Å². The highest BCUT2D eigenvalue weighted by Gasteiger charge is 2.25. The van der Waals surface area contributed by atoms with Crippen LogP contribution in [-0.2, 0) is 11.2 Å². The summed E-state index contributed by atoms with van der Waals surface area (Å²) in [6, 6.07) is 11.9. The van der Waals surface area contributed by atoms with Gasteiger partial charge in [-0.3, -0.25) is 14.7 Å². The molecule has 2 heterocycles. The van der Waals surface area contributed by atoms with Crippen LogP contribution in [0.5, 0.6) is 0 Å². The van der Waals surface area contributed by atoms with Gasteiger partial charge in [-0.25, -0.2) is 0 Å². The minimum absolute atomic E-state index is 0. The molecule has 2 aromatic rings. The van der Waals surface area contributed by atoms with Gasteiger partial charge in [-0.15, -0.1) is 24.0 Å². The number of carbonyl (C=O) groups is 1. The van der Waals surface area contributed by atoms with Crippen LogP contribution < -0.4 is 10.6 Å². The zero-order valence-corrected chi connectivity index (χ0v) is 22.3. The van der Waals surface area contributed by atoms with Gasteiger partial charge in [-0.2, -0.15) is 0 Å². The molecule has 9 heteroatoms. The largest absolute Gasteiger partial charge is 0.465 e. The highest BCUT2D eigenvalue weighted by molar-refractivity contribution is 14.0. The van der Waals surface area contributed by atoms with E-state index in [0.29, 0.717) is 18.7 Å². The van der Waals surface area contributed by atoms with E-state index in [1.54, 1.807) is 26.0 Å². The van der Waals surface area contributed by atoms with Gasteiger partial charge in [0.1, 0.15) is 11.5 Å². The van der Waals surface area contributed by atoms with Crippen molar-refractivity contribution in [2.24, 2.45) is 4.99 Å². The summed E-state index contributed by atoms with van der Waals surface area (Å²) in [7, 11) is 5.30. The third-order valence-corrected chi connectivity index (χ3v) is 5.55. The van der Waals surface area contributed by atoms with Crippen molar-refractivity contribution in [3.8, 4) is 0 Å². The number of carbonyl (C=O) groups excluding carboxylic acids is 1. The van der Waals surface area contributed by atoms with E-state index in [0.717, 1.165) is 55.8 Å². The lowest BCUT2D eigenvalue weighted by atomic mass is 10.1. The summed E-state index contributed by atoms with van der Waals surface area (Å²) in [4.78, 5) is 20.5. The summed E-state index contributed by atoms with van der Waals surface area (Å²) in [5, 5.41) is 6.82. The number of ether oxygens (including phenoxy) is 1. The maximum atomic E-state index is 12.2. The third-order valence-electron chi connectivity index (χ3n) is 5.55. The molecule has 1 aliphatic rings. The zero-order chi connectivity index (χ0) is 22.9. The molecule has 1 aromatic carbocycles. The molecule has 2 N–H and O–H groups in total. The molecular weight excluding hydrogens is 533 g/mol. The summed E-state index contributed by atoms with van der Waals surface area (Å²) in [6.45, 7) is 6.58. The molecule has 1 unspecified atom stereocenters. The topological polar surface area (TPSA) is 82.3 Å². The van der Waals surface area contributed by atoms with E-state index >= 15 is 0 Å². The lowest BCUT2D eigenvalue weighted by Crippen LogP contribution is -2.46. The number of guanidine groups is 1. The van der Waals surface area contributed by atoms with Crippen LogP contribution in [0.2, 0.25) is 0 Å². The molecule has 0 aliphatic carbocycles. The summed E-state index contributed by atoms with van der Waals surface area (Å²) in [5.74, 6) is 2.62. The van der Waals surface area contributed by atoms with Crippen LogP contribution in [0, 0.1) is 6.92 Å². The van der Waals surface area contributed by atoms with Crippen molar-refractivity contribution in [3.05, 3.63) is 59.0 Å². The molecular formula is C24H36IN5O3. The Morgan fingerprint density at radius 2 is 1.94 bits per heavy atom. The molecule has 0 radical (unpaired) electrons. The summed E-state index contributed by atoms with van der Waals surface area (Å²) < 4.78 is 11.5. The normalized spacial score (nSPS) is 15.5. The maximum absolute atomic E-state index is 12.2. The second-order valence-electron chi connectivity index (χ2n) is 8.14. The van der Waals surface area contributed by atoms with Gasteiger partial charge in [-0.05, 0) is 43.2 Å². The Morgan fingerprint density at radius 1 is 1.18 bits per heavy atom. The number of hydrogen-bond acceptors (Lipinski definition) is 5. The number of furan rings is 1. The average Bonchev–Trinajstić information content (AvgIpc) is 3.24. The molecule has 8 nitrogen and oxygen atoms in total. The molecule has 0 bridgehead atoms. The molecule has 1 saturated heterocycles. The predicted molar refractivity (Wildman–Crippen MR) is 142 cm³/mol. The van der Waals surface area contributed by atoms with Gasteiger partial charge in [0, 0.05) is 52.9 Å². The van der Waals surface area contributed by atoms with E-state index < -0.39 is 0 Å². The Hall–Kier alpha value is -2.11. The minimum Gasteiger partial charge on any atom is -0.465 e. The molecule has 0 spiro atoms. The van der Waals surface area contributed by atoms with E-state index in [4.69, 9.17) is 9.15 Å². The van der Waals surface area contributed by atoms with Crippen molar-refractivity contribution in [2.45, 2.75) is 19.4 Å². The van der Waals surface area contributed by atoms with Crippen molar-refractivity contribution in [3.63, 3.8) is 0 Å². The van der Waals surface area contributed by atoms with E-state index in [1.807, 2.05) is 37.3 Å². The van der Waals surface area contributed by atoms with Gasteiger partial charge in [-0.1, -0.05) is 12.1 Å². The monoisotopic (exact) mass is 569 g/mol. The van der Waals surface area contributed by atoms with E-state index in [9.17, 15) is 4.79 Å². The molecule has 182 valence electrons. The SMILES string of the molecule is CN=C(NCCc1cccc(C(=O)N(C)C)c1)NCC(c1ccc(C)o1)N1CCOCC1.I. The van der Waals surface area contributed by atoms with Crippen molar-refractivity contribution in [1.29, 1.82) is 0 Å². The van der Waals surface area contributed by atoms with Crippen molar-refractivity contribution in [2.75, 3.05) is 60.5 Å². The highest BCUT2D eigenvalue weighted by atomic mass is 127. The summed E-state index contributed by atoms with van der Waals surface area (Å²) in [6.07, 6.45) is 0.791. The quantitative estimate of drug-likeness (QED) is 0.289. The smallest absolute Gasteiger partial charge is 0.253 e. The van der Waals surface area contributed by atoms with Crippen LogP contribution in [0.25, 0.3) is 0 Å². The van der Waals surface area contributed by atoms with Crippen LogP contribution in [-0.4, -0.2) is 82.2 Å². The Kier molecular flexibility index (Phi) is 11.2. The number of amides is 1. The van der Waals surface area contributed by atoms with Crippen molar-refractivity contribution in [1.82, 2.24) is 20.4 Å². The van der Waals surface area contributed by atoms with Gasteiger partial charge in [0.15, 0.2) is 5.96 Å². The average molecular weight is 569 g/mol. The standard InChI is InChI=1S/C24H35N5O3.HI/c1-18-8-9-22(32-18)21(29-12-14-31-15-13-29)17-27-24(25-2)26-11-10-19-6-5-7-20(16-19)23(30)28(3)4;/h5-9,16,21H,10-15,17H2,1-4H3,(H2,25,26,27);1H. The van der Waals surface area contributed by atoms with Gasteiger partial charge in [0.25, 0.3) is 5.91 Å². The first-order valence-electron chi connectivity index (χ1n) is 11.1. The number of rotatable bonds is 8. The molecule has 33 heavy (non-hydrogen) atoms. The number of hydrogen-bond donors (Lipinski definition) is 2. The van der Waals surface area contributed by atoms with Crippen molar-refractivity contribution >= 4 is 35.8 Å². The fraction of sp³-hybridized carbons (Fsp3) is 0.500. The fourth-order valence-electron chi connectivity index (χ4n) is 3.79. The molecule has 1 aromatic heterocycles. The molecule has 1 fully saturated rings. The first kappa shape index (κ1) is 27.1. The first-order valence-corrected chi connectivity index (χ1v) is 11.1. The molecule has 1 aliphatic heterocycles. The second-order valence-corrected chi connectivity index (χ2v) is 8.14. The Balaban J connectivity index is 0.00000385. The molecule has 1 atom stereocenters. The summed E-state index contributed by atoms with van der Waals surface area (Å²) >= 11 is 0. The minimum atomic E-state index is 0. The molecule has 1 amide bonds. The number of halogens is 1. The van der Waals surface area contributed by atoms with Gasteiger partial charge >= 0.3 is 0 Å². The summed E-state index contributed by atoms with van der Waals surface area (Å²) in [5.41, 5.74) is 1.81. The van der Waals surface area contributed by atoms with Crippen LogP contribution in [0.3, 0.4) is 0 Å². The van der Waals surface area contributed by atoms with Gasteiger partial charge in [0.05, 0.1) is 19.3 Å². The maximum Gasteiger partial charge on any atom is 0.253 e.